The van der Waals surface area contributed by atoms with Gasteiger partial charge in [0, 0.05) is 26.2 Å². The summed E-state index contributed by atoms with van der Waals surface area (Å²) in [6.45, 7) is 6.78. The van der Waals surface area contributed by atoms with Crippen LogP contribution in [0.4, 0.5) is 0 Å². The van der Waals surface area contributed by atoms with Gasteiger partial charge in [-0.3, -0.25) is 14.5 Å². The van der Waals surface area contributed by atoms with Gasteiger partial charge in [0.1, 0.15) is 0 Å². The largest absolute Gasteiger partial charge is 0.356 e. The van der Waals surface area contributed by atoms with Crippen molar-refractivity contribution in [2.45, 2.75) is 32.9 Å². The number of fused-ring (bicyclic) bond motifs is 1. The number of piperazine rings is 1. The van der Waals surface area contributed by atoms with E-state index in [1.165, 1.54) is 16.3 Å². The fourth-order valence-electron chi connectivity index (χ4n) is 3.39. The molecular formula is C21H27N3O2. The molecule has 5 heteroatoms. The Balaban J connectivity index is 1.75. The Morgan fingerprint density at radius 1 is 1.23 bits per heavy atom. The van der Waals surface area contributed by atoms with Crippen LogP contribution in [-0.2, 0) is 16.1 Å². The minimum absolute atomic E-state index is 0.0591. The van der Waals surface area contributed by atoms with E-state index in [1.54, 1.807) is 0 Å². The minimum atomic E-state index is -0.421. The zero-order valence-electron chi connectivity index (χ0n) is 15.5. The molecule has 0 unspecified atom stereocenters. The molecule has 2 aromatic carbocycles. The lowest BCUT2D eigenvalue weighted by Gasteiger charge is -2.35. The fraction of sp³-hybridized carbons (Fsp3) is 0.429. The van der Waals surface area contributed by atoms with Crippen molar-refractivity contribution >= 4 is 22.6 Å². The molecule has 2 amide bonds. The monoisotopic (exact) mass is 353 g/mol. The second-order valence-electron chi connectivity index (χ2n) is 7.32. The van der Waals surface area contributed by atoms with E-state index < -0.39 is 6.04 Å². The molecule has 5 nitrogen and oxygen atoms in total. The first-order chi connectivity index (χ1) is 12.5. The van der Waals surface area contributed by atoms with Crippen molar-refractivity contribution in [1.29, 1.82) is 0 Å². The molecule has 1 fully saturated rings. The summed E-state index contributed by atoms with van der Waals surface area (Å²) in [6, 6.07) is 14.1. The normalized spacial score (nSPS) is 18.1. The van der Waals surface area contributed by atoms with Crippen LogP contribution in [0.3, 0.4) is 0 Å². The smallest absolute Gasteiger partial charge is 0.237 e. The van der Waals surface area contributed by atoms with E-state index in [4.69, 9.17) is 0 Å². The molecule has 0 radical (unpaired) electrons. The molecule has 1 aliphatic rings. The molecule has 0 saturated carbocycles. The molecule has 2 N–H and O–H groups in total. The maximum Gasteiger partial charge on any atom is 0.237 e. The minimum Gasteiger partial charge on any atom is -0.356 e. The Bertz CT molecular complexity index is 782. The van der Waals surface area contributed by atoms with Gasteiger partial charge in [0.15, 0.2) is 0 Å². The Labute approximate surface area is 154 Å². The fourth-order valence-corrected chi connectivity index (χ4v) is 3.39. The zero-order chi connectivity index (χ0) is 18.5. The Morgan fingerprint density at radius 2 is 2.00 bits per heavy atom. The Morgan fingerprint density at radius 3 is 2.81 bits per heavy atom. The number of hydrogen-bond acceptors (Lipinski definition) is 3. The van der Waals surface area contributed by atoms with Gasteiger partial charge in [-0.2, -0.15) is 0 Å². The van der Waals surface area contributed by atoms with E-state index in [2.05, 4.69) is 53.6 Å². The van der Waals surface area contributed by atoms with Crippen LogP contribution in [0.1, 0.15) is 25.8 Å². The first-order valence-corrected chi connectivity index (χ1v) is 9.29. The molecule has 1 aliphatic heterocycles. The summed E-state index contributed by atoms with van der Waals surface area (Å²) in [7, 11) is 0. The summed E-state index contributed by atoms with van der Waals surface area (Å²) in [5.74, 6) is 0.269. The van der Waals surface area contributed by atoms with Gasteiger partial charge in [-0.05, 0) is 22.3 Å². The van der Waals surface area contributed by atoms with Crippen molar-refractivity contribution in [3.8, 4) is 0 Å². The van der Waals surface area contributed by atoms with Crippen molar-refractivity contribution in [2.24, 2.45) is 5.92 Å². The van der Waals surface area contributed by atoms with Gasteiger partial charge in [-0.15, -0.1) is 0 Å². The predicted octanol–water partition coefficient (Wildman–Crippen LogP) is 2.30. The van der Waals surface area contributed by atoms with Gasteiger partial charge in [0.25, 0.3) is 0 Å². The van der Waals surface area contributed by atoms with Gasteiger partial charge in [0.2, 0.25) is 11.8 Å². The summed E-state index contributed by atoms with van der Waals surface area (Å²) in [5.41, 5.74) is 1.19. The highest BCUT2D eigenvalue weighted by molar-refractivity contribution is 5.89. The van der Waals surface area contributed by atoms with Gasteiger partial charge < -0.3 is 10.6 Å². The van der Waals surface area contributed by atoms with E-state index in [1.807, 2.05) is 18.2 Å². The van der Waals surface area contributed by atoms with Gasteiger partial charge in [-0.1, -0.05) is 56.3 Å². The highest BCUT2D eigenvalue weighted by Crippen LogP contribution is 2.22. The summed E-state index contributed by atoms with van der Waals surface area (Å²) in [6.07, 6.45) is 0.198. The SMILES string of the molecule is CC(C)CNC(=O)C[C@@H]1C(=O)NCCN1Cc1cccc2ccccc12. The Kier molecular flexibility index (Phi) is 5.89. The molecule has 0 aliphatic carbocycles. The second-order valence-corrected chi connectivity index (χ2v) is 7.32. The molecule has 1 saturated heterocycles. The van der Waals surface area contributed by atoms with Crippen molar-refractivity contribution in [1.82, 2.24) is 15.5 Å². The Hall–Kier alpha value is -2.40. The molecular weight excluding hydrogens is 326 g/mol. The zero-order valence-corrected chi connectivity index (χ0v) is 15.5. The summed E-state index contributed by atoms with van der Waals surface area (Å²) in [5, 5.41) is 8.20. The van der Waals surface area contributed by atoms with Crippen molar-refractivity contribution < 1.29 is 9.59 Å². The van der Waals surface area contributed by atoms with Crippen LogP contribution in [-0.4, -0.2) is 42.4 Å². The van der Waals surface area contributed by atoms with Crippen LogP contribution < -0.4 is 10.6 Å². The average molecular weight is 353 g/mol. The van der Waals surface area contributed by atoms with Gasteiger partial charge in [0.05, 0.1) is 12.5 Å². The van der Waals surface area contributed by atoms with Crippen LogP contribution in [0, 0.1) is 5.92 Å². The highest BCUT2D eigenvalue weighted by Gasteiger charge is 2.31. The standard InChI is InChI=1S/C21H27N3O2/c1-15(2)13-23-20(25)12-19-21(26)22-10-11-24(19)14-17-8-5-7-16-6-3-4-9-18(16)17/h3-9,15,19H,10-14H2,1-2H3,(H,22,26)(H,23,25)/t19-/m1/s1. The maximum absolute atomic E-state index is 12.4. The third-order valence-electron chi connectivity index (χ3n) is 4.78. The number of rotatable bonds is 6. The topological polar surface area (TPSA) is 61.4 Å². The highest BCUT2D eigenvalue weighted by atomic mass is 16.2. The molecule has 1 atom stereocenters. The molecule has 0 aromatic heterocycles. The van der Waals surface area contributed by atoms with Gasteiger partial charge in [-0.25, -0.2) is 0 Å². The van der Waals surface area contributed by atoms with E-state index >= 15 is 0 Å². The lowest BCUT2D eigenvalue weighted by molar-refractivity contribution is -0.134. The predicted molar refractivity (Wildman–Crippen MR) is 104 cm³/mol. The molecule has 0 bridgehead atoms. The maximum atomic E-state index is 12.4. The van der Waals surface area contributed by atoms with Crippen LogP contribution in [0.25, 0.3) is 10.8 Å². The summed E-state index contributed by atoms with van der Waals surface area (Å²) in [4.78, 5) is 26.8. The number of carbonyl (C=O) groups excluding carboxylic acids is 2. The molecule has 1 heterocycles. The first-order valence-electron chi connectivity index (χ1n) is 9.29. The van der Waals surface area contributed by atoms with Crippen molar-refractivity contribution in [3.63, 3.8) is 0 Å². The summed E-state index contributed by atoms with van der Waals surface area (Å²) >= 11 is 0. The van der Waals surface area contributed by atoms with E-state index in [-0.39, 0.29) is 18.2 Å². The quantitative estimate of drug-likeness (QED) is 0.838. The molecule has 3 rings (SSSR count). The van der Waals surface area contributed by atoms with E-state index in [9.17, 15) is 9.59 Å². The summed E-state index contributed by atoms with van der Waals surface area (Å²) < 4.78 is 0. The van der Waals surface area contributed by atoms with Crippen LogP contribution in [0.2, 0.25) is 0 Å². The van der Waals surface area contributed by atoms with E-state index in [0.29, 0.717) is 25.6 Å². The van der Waals surface area contributed by atoms with Crippen LogP contribution >= 0.6 is 0 Å². The second kappa shape index (κ2) is 8.32. The molecule has 0 spiro atoms. The third kappa shape index (κ3) is 4.41. The number of benzene rings is 2. The number of amides is 2. The lowest BCUT2D eigenvalue weighted by atomic mass is 10.0. The van der Waals surface area contributed by atoms with Crippen LogP contribution in [0.15, 0.2) is 42.5 Å². The third-order valence-corrected chi connectivity index (χ3v) is 4.78. The van der Waals surface area contributed by atoms with Crippen molar-refractivity contribution in [2.75, 3.05) is 19.6 Å². The van der Waals surface area contributed by atoms with Crippen LogP contribution in [0.5, 0.6) is 0 Å². The molecule has 26 heavy (non-hydrogen) atoms. The number of nitrogens with one attached hydrogen (secondary N) is 2. The molecule has 138 valence electrons. The lowest BCUT2D eigenvalue weighted by Crippen LogP contribution is -2.56. The number of nitrogens with zero attached hydrogens (tertiary/aromatic N) is 1. The van der Waals surface area contributed by atoms with E-state index in [0.717, 1.165) is 6.54 Å². The first kappa shape index (κ1) is 18.4. The number of hydrogen-bond donors (Lipinski definition) is 2. The molecule has 2 aromatic rings. The average Bonchev–Trinajstić information content (AvgIpc) is 2.63. The van der Waals surface area contributed by atoms with Gasteiger partial charge >= 0.3 is 0 Å². The number of carbonyl (C=O) groups is 2. The van der Waals surface area contributed by atoms with Crippen molar-refractivity contribution in [3.05, 3.63) is 48.0 Å².